The van der Waals surface area contributed by atoms with Crippen LogP contribution >= 0.6 is 0 Å². The van der Waals surface area contributed by atoms with Crippen LogP contribution in [0.1, 0.15) is 31.4 Å². The van der Waals surface area contributed by atoms with Gasteiger partial charge >= 0.3 is 0 Å². The number of likely N-dealkylation sites (N-methyl/N-ethyl adjacent to an activating group) is 1. The number of benzene rings is 1. The normalized spacial score (nSPS) is 17.5. The quantitative estimate of drug-likeness (QED) is 0.856. The van der Waals surface area contributed by atoms with Gasteiger partial charge in [-0.1, -0.05) is 19.1 Å². The van der Waals surface area contributed by atoms with E-state index in [1.807, 2.05) is 6.92 Å². The van der Waals surface area contributed by atoms with Gasteiger partial charge in [0.2, 0.25) is 0 Å². The fourth-order valence-electron chi connectivity index (χ4n) is 2.07. The van der Waals surface area contributed by atoms with E-state index in [0.717, 1.165) is 25.5 Å². The highest BCUT2D eigenvalue weighted by Crippen LogP contribution is 2.29. The summed E-state index contributed by atoms with van der Waals surface area (Å²) < 4.78 is 26.5. The van der Waals surface area contributed by atoms with Gasteiger partial charge in [-0.15, -0.1) is 0 Å². The molecule has 0 amide bonds. The van der Waals surface area contributed by atoms with Crippen LogP contribution in [-0.2, 0) is 0 Å². The smallest absolute Gasteiger partial charge is 0.164 e. The van der Waals surface area contributed by atoms with Crippen LogP contribution in [0.3, 0.4) is 0 Å². The van der Waals surface area contributed by atoms with Crippen molar-refractivity contribution >= 4 is 0 Å². The lowest BCUT2D eigenvalue weighted by Crippen LogP contribution is -2.30. The maximum atomic E-state index is 13.5. The average molecular weight is 241 g/mol. The molecule has 0 aromatic heterocycles. The molecule has 17 heavy (non-hydrogen) atoms. The molecule has 0 aliphatic heterocycles. The van der Waals surface area contributed by atoms with Crippen molar-refractivity contribution in [1.29, 1.82) is 0 Å². The zero-order chi connectivity index (χ0) is 12.4. The molecule has 2 rings (SSSR count). The Labute approximate surface area is 99.9 Å². The molecular formula is C13H17F2NO. The molecule has 1 aromatic carbocycles. The summed E-state index contributed by atoms with van der Waals surface area (Å²) in [6, 6.07) is 4.42. The fraction of sp³-hybridized carbons (Fsp3) is 0.538. The molecule has 1 N–H and O–H groups in total. The molecule has 2 nitrogen and oxygen atoms in total. The number of aliphatic hydroxyl groups is 1. The van der Waals surface area contributed by atoms with Gasteiger partial charge < -0.3 is 5.11 Å². The Balaban J connectivity index is 2.07. The van der Waals surface area contributed by atoms with Gasteiger partial charge in [-0.05, 0) is 25.5 Å². The Bertz CT molecular complexity index is 393. The molecule has 0 spiro atoms. The van der Waals surface area contributed by atoms with Gasteiger partial charge in [-0.25, -0.2) is 8.78 Å². The highest BCUT2D eigenvalue weighted by molar-refractivity contribution is 5.21. The maximum Gasteiger partial charge on any atom is 0.164 e. The first-order chi connectivity index (χ1) is 8.13. The van der Waals surface area contributed by atoms with E-state index < -0.39 is 17.7 Å². The van der Waals surface area contributed by atoms with Crippen molar-refractivity contribution in [3.63, 3.8) is 0 Å². The predicted molar refractivity (Wildman–Crippen MR) is 61.6 cm³/mol. The second-order valence-corrected chi connectivity index (χ2v) is 4.48. The predicted octanol–water partition coefficient (Wildman–Crippen LogP) is 2.48. The highest BCUT2D eigenvalue weighted by Gasteiger charge is 2.30. The van der Waals surface area contributed by atoms with Crippen molar-refractivity contribution in [3.8, 4) is 0 Å². The van der Waals surface area contributed by atoms with Crippen LogP contribution in [0, 0.1) is 11.6 Å². The molecule has 1 aliphatic rings. The minimum atomic E-state index is -0.966. The third-order valence-corrected chi connectivity index (χ3v) is 3.22. The third kappa shape index (κ3) is 2.82. The Morgan fingerprint density at radius 1 is 1.41 bits per heavy atom. The maximum absolute atomic E-state index is 13.5. The summed E-state index contributed by atoms with van der Waals surface area (Å²) in [7, 11) is 0. The molecule has 0 heterocycles. The highest BCUT2D eigenvalue weighted by atomic mass is 19.2. The van der Waals surface area contributed by atoms with Crippen molar-refractivity contribution in [2.75, 3.05) is 13.1 Å². The first kappa shape index (κ1) is 12.5. The minimum Gasteiger partial charge on any atom is -0.387 e. The Morgan fingerprint density at radius 2 is 2.12 bits per heavy atom. The van der Waals surface area contributed by atoms with E-state index in [0.29, 0.717) is 12.6 Å². The van der Waals surface area contributed by atoms with Gasteiger partial charge in [0.05, 0.1) is 6.10 Å². The molecule has 0 saturated heterocycles. The van der Waals surface area contributed by atoms with E-state index in [2.05, 4.69) is 4.90 Å². The average Bonchev–Trinajstić information content (AvgIpc) is 3.13. The van der Waals surface area contributed by atoms with Gasteiger partial charge in [-0.3, -0.25) is 4.90 Å². The van der Waals surface area contributed by atoms with Crippen LogP contribution < -0.4 is 0 Å². The lowest BCUT2D eigenvalue weighted by atomic mass is 10.1. The van der Waals surface area contributed by atoms with Crippen molar-refractivity contribution < 1.29 is 13.9 Å². The molecule has 1 atom stereocenters. The first-order valence-corrected chi connectivity index (χ1v) is 5.99. The van der Waals surface area contributed by atoms with Crippen LogP contribution in [0.2, 0.25) is 0 Å². The van der Waals surface area contributed by atoms with Gasteiger partial charge in [0.1, 0.15) is 0 Å². The van der Waals surface area contributed by atoms with Crippen molar-refractivity contribution in [2.45, 2.75) is 31.9 Å². The lowest BCUT2D eigenvalue weighted by molar-refractivity contribution is 0.108. The first-order valence-electron chi connectivity index (χ1n) is 5.99. The second kappa shape index (κ2) is 5.10. The fourth-order valence-corrected chi connectivity index (χ4v) is 2.07. The van der Waals surface area contributed by atoms with Crippen LogP contribution in [0.15, 0.2) is 18.2 Å². The number of halogens is 2. The molecule has 1 fully saturated rings. The summed E-state index contributed by atoms with van der Waals surface area (Å²) in [4.78, 5) is 2.11. The number of nitrogens with zero attached hydrogens (tertiary/aromatic N) is 1. The summed E-state index contributed by atoms with van der Waals surface area (Å²) in [5.41, 5.74) is 0.0455. The molecule has 0 radical (unpaired) electrons. The van der Waals surface area contributed by atoms with Crippen LogP contribution in [0.4, 0.5) is 8.78 Å². The summed E-state index contributed by atoms with van der Waals surface area (Å²) in [6.45, 7) is 3.19. The molecule has 0 bridgehead atoms. The van der Waals surface area contributed by atoms with Crippen molar-refractivity contribution in [1.82, 2.24) is 4.90 Å². The minimum absolute atomic E-state index is 0.0455. The van der Waals surface area contributed by atoms with E-state index >= 15 is 0 Å². The SMILES string of the molecule is CCN(CC(O)c1cccc(F)c1F)C1CC1. The third-order valence-electron chi connectivity index (χ3n) is 3.22. The molecule has 1 saturated carbocycles. The van der Waals surface area contributed by atoms with Crippen molar-refractivity contribution in [2.24, 2.45) is 0 Å². The molecular weight excluding hydrogens is 224 g/mol. The van der Waals surface area contributed by atoms with Gasteiger partial charge in [-0.2, -0.15) is 0 Å². The molecule has 1 unspecified atom stereocenters. The Morgan fingerprint density at radius 3 is 2.71 bits per heavy atom. The largest absolute Gasteiger partial charge is 0.387 e. The topological polar surface area (TPSA) is 23.5 Å². The van der Waals surface area contributed by atoms with Gasteiger partial charge in [0, 0.05) is 18.2 Å². The standard InChI is InChI=1S/C13H17F2NO/c1-2-16(9-6-7-9)8-12(17)10-4-3-5-11(14)13(10)15/h3-5,9,12,17H,2,6-8H2,1H3. The molecule has 4 heteroatoms. The number of hydrogen-bond acceptors (Lipinski definition) is 2. The van der Waals surface area contributed by atoms with Crippen molar-refractivity contribution in [3.05, 3.63) is 35.4 Å². The van der Waals surface area contributed by atoms with Gasteiger partial charge in [0.15, 0.2) is 11.6 Å². The molecule has 1 aromatic rings. The summed E-state index contributed by atoms with van der Waals surface area (Å²) in [5, 5.41) is 9.96. The van der Waals surface area contributed by atoms with Gasteiger partial charge in [0.25, 0.3) is 0 Å². The lowest BCUT2D eigenvalue weighted by Gasteiger charge is -2.23. The van der Waals surface area contributed by atoms with E-state index in [9.17, 15) is 13.9 Å². The number of rotatable bonds is 5. The Hall–Kier alpha value is -1.00. The van der Waals surface area contributed by atoms with E-state index in [4.69, 9.17) is 0 Å². The summed E-state index contributed by atoms with van der Waals surface area (Å²) in [5.74, 6) is -1.84. The zero-order valence-corrected chi connectivity index (χ0v) is 9.87. The van der Waals surface area contributed by atoms with E-state index in [1.165, 1.54) is 12.1 Å². The van der Waals surface area contributed by atoms with E-state index in [-0.39, 0.29) is 5.56 Å². The van der Waals surface area contributed by atoms with Crippen LogP contribution in [-0.4, -0.2) is 29.1 Å². The number of aliphatic hydroxyl groups excluding tert-OH is 1. The van der Waals surface area contributed by atoms with E-state index in [1.54, 1.807) is 0 Å². The summed E-state index contributed by atoms with van der Waals surface area (Å²) >= 11 is 0. The summed E-state index contributed by atoms with van der Waals surface area (Å²) in [6.07, 6.45) is 1.30. The monoisotopic (exact) mass is 241 g/mol. The zero-order valence-electron chi connectivity index (χ0n) is 9.87. The molecule has 1 aliphatic carbocycles. The molecule has 94 valence electrons. The van der Waals surface area contributed by atoms with Crippen LogP contribution in [0.5, 0.6) is 0 Å². The number of hydrogen-bond donors (Lipinski definition) is 1. The van der Waals surface area contributed by atoms with Crippen LogP contribution in [0.25, 0.3) is 0 Å². The second-order valence-electron chi connectivity index (χ2n) is 4.48. The Kier molecular flexibility index (Phi) is 3.74.